The van der Waals surface area contributed by atoms with Crippen molar-refractivity contribution >= 4 is 5.97 Å². The first kappa shape index (κ1) is 11.2. The molecule has 0 spiro atoms. The average Bonchev–Trinajstić information content (AvgIpc) is 2.19. The highest BCUT2D eigenvalue weighted by Crippen LogP contribution is 2.14. The number of carboxylic acid groups (broad SMARTS) is 1. The molecule has 0 aromatic rings. The molecule has 0 aliphatic carbocycles. The zero-order chi connectivity index (χ0) is 10.4. The fourth-order valence-corrected chi connectivity index (χ4v) is 1.26. The van der Waals surface area contributed by atoms with E-state index in [1.165, 1.54) is 0 Å². The van der Waals surface area contributed by atoms with Crippen molar-refractivity contribution in [3.05, 3.63) is 12.7 Å². The standard InChI is InChI=1S/C9H15NO4/c1-2-4-13-7-9(8(11)12)6-10-3-5-14-9/h2,10H,1,3-7H2,(H,11,12). The Morgan fingerprint density at radius 3 is 3.07 bits per heavy atom. The first-order valence-electron chi connectivity index (χ1n) is 4.48. The van der Waals surface area contributed by atoms with Crippen LogP contribution in [0.5, 0.6) is 0 Å². The van der Waals surface area contributed by atoms with Gasteiger partial charge in [-0.2, -0.15) is 0 Å². The topological polar surface area (TPSA) is 67.8 Å². The summed E-state index contributed by atoms with van der Waals surface area (Å²) < 4.78 is 10.4. The van der Waals surface area contributed by atoms with Gasteiger partial charge in [0.2, 0.25) is 5.60 Å². The van der Waals surface area contributed by atoms with E-state index in [0.717, 1.165) is 0 Å². The lowest BCUT2D eigenvalue weighted by Gasteiger charge is -2.33. The van der Waals surface area contributed by atoms with E-state index >= 15 is 0 Å². The Morgan fingerprint density at radius 2 is 2.57 bits per heavy atom. The van der Waals surface area contributed by atoms with E-state index in [-0.39, 0.29) is 13.2 Å². The van der Waals surface area contributed by atoms with Gasteiger partial charge in [-0.3, -0.25) is 0 Å². The number of morpholine rings is 1. The number of carbonyl (C=O) groups is 1. The molecule has 5 nitrogen and oxygen atoms in total. The summed E-state index contributed by atoms with van der Waals surface area (Å²) in [7, 11) is 0. The molecule has 1 heterocycles. The van der Waals surface area contributed by atoms with Gasteiger partial charge in [0.05, 0.1) is 19.8 Å². The van der Waals surface area contributed by atoms with Crippen LogP contribution < -0.4 is 5.32 Å². The number of carboxylic acids is 1. The third kappa shape index (κ3) is 2.54. The Kier molecular flexibility index (Phi) is 4.06. The summed E-state index contributed by atoms with van der Waals surface area (Å²) >= 11 is 0. The van der Waals surface area contributed by atoms with Gasteiger partial charge in [0, 0.05) is 13.1 Å². The number of hydrogen-bond acceptors (Lipinski definition) is 4. The van der Waals surface area contributed by atoms with Gasteiger partial charge in [-0.25, -0.2) is 4.79 Å². The zero-order valence-electron chi connectivity index (χ0n) is 7.99. The summed E-state index contributed by atoms with van der Waals surface area (Å²) in [4.78, 5) is 11.0. The predicted molar refractivity (Wildman–Crippen MR) is 50.2 cm³/mol. The van der Waals surface area contributed by atoms with E-state index in [1.807, 2.05) is 0 Å². The summed E-state index contributed by atoms with van der Waals surface area (Å²) in [5.41, 5.74) is -1.23. The van der Waals surface area contributed by atoms with Crippen LogP contribution >= 0.6 is 0 Å². The molecule has 0 saturated carbocycles. The Labute approximate surface area is 82.7 Å². The molecular formula is C9H15NO4. The van der Waals surface area contributed by atoms with Crippen molar-refractivity contribution in [3.8, 4) is 0 Å². The molecule has 1 saturated heterocycles. The molecule has 2 N–H and O–H groups in total. The number of rotatable bonds is 5. The highest BCUT2D eigenvalue weighted by atomic mass is 16.6. The third-order valence-corrected chi connectivity index (χ3v) is 2.03. The monoisotopic (exact) mass is 201 g/mol. The highest BCUT2D eigenvalue weighted by Gasteiger charge is 2.41. The molecule has 0 radical (unpaired) electrons. The lowest BCUT2D eigenvalue weighted by Crippen LogP contribution is -2.57. The van der Waals surface area contributed by atoms with Crippen molar-refractivity contribution in [1.82, 2.24) is 5.32 Å². The minimum Gasteiger partial charge on any atom is -0.479 e. The van der Waals surface area contributed by atoms with Gasteiger partial charge in [0.15, 0.2) is 0 Å². The van der Waals surface area contributed by atoms with Gasteiger partial charge in [0.1, 0.15) is 0 Å². The molecule has 5 heteroatoms. The molecule has 1 atom stereocenters. The summed E-state index contributed by atoms with van der Waals surface area (Å²) in [6, 6.07) is 0. The van der Waals surface area contributed by atoms with Crippen molar-refractivity contribution in [2.75, 3.05) is 32.9 Å². The third-order valence-electron chi connectivity index (χ3n) is 2.03. The second-order valence-corrected chi connectivity index (χ2v) is 3.13. The van der Waals surface area contributed by atoms with Crippen molar-refractivity contribution in [3.63, 3.8) is 0 Å². The molecule has 0 amide bonds. The van der Waals surface area contributed by atoms with Gasteiger partial charge in [0.25, 0.3) is 0 Å². The van der Waals surface area contributed by atoms with Crippen molar-refractivity contribution in [1.29, 1.82) is 0 Å². The molecule has 1 rings (SSSR count). The first-order valence-corrected chi connectivity index (χ1v) is 4.48. The van der Waals surface area contributed by atoms with Crippen LogP contribution in [0, 0.1) is 0 Å². The van der Waals surface area contributed by atoms with Crippen molar-refractivity contribution in [2.24, 2.45) is 0 Å². The van der Waals surface area contributed by atoms with Crippen molar-refractivity contribution < 1.29 is 19.4 Å². The van der Waals surface area contributed by atoms with Gasteiger partial charge < -0.3 is 19.9 Å². The molecule has 1 aliphatic rings. The number of aliphatic carboxylic acids is 1. The molecule has 1 fully saturated rings. The Bertz CT molecular complexity index is 211. The Morgan fingerprint density at radius 1 is 1.79 bits per heavy atom. The number of nitrogens with one attached hydrogen (secondary N) is 1. The maximum atomic E-state index is 11.0. The summed E-state index contributed by atoms with van der Waals surface area (Å²) in [5.74, 6) is -0.992. The van der Waals surface area contributed by atoms with E-state index in [0.29, 0.717) is 19.8 Å². The molecule has 0 aromatic heterocycles. The van der Waals surface area contributed by atoms with Gasteiger partial charge in [-0.1, -0.05) is 6.08 Å². The van der Waals surface area contributed by atoms with Crippen molar-refractivity contribution in [2.45, 2.75) is 5.60 Å². The van der Waals surface area contributed by atoms with Crippen LogP contribution in [-0.4, -0.2) is 49.6 Å². The molecule has 80 valence electrons. The molecule has 1 aliphatic heterocycles. The largest absolute Gasteiger partial charge is 0.479 e. The van der Waals surface area contributed by atoms with Crippen LogP contribution in [0.3, 0.4) is 0 Å². The second-order valence-electron chi connectivity index (χ2n) is 3.13. The quantitative estimate of drug-likeness (QED) is 0.469. The summed E-state index contributed by atoms with van der Waals surface area (Å²) in [6.07, 6.45) is 1.58. The molecule has 1 unspecified atom stereocenters. The molecule has 0 aromatic carbocycles. The maximum Gasteiger partial charge on any atom is 0.339 e. The average molecular weight is 201 g/mol. The fourth-order valence-electron chi connectivity index (χ4n) is 1.26. The van der Waals surface area contributed by atoms with Crippen LogP contribution in [0.15, 0.2) is 12.7 Å². The van der Waals surface area contributed by atoms with Gasteiger partial charge in [-0.15, -0.1) is 6.58 Å². The van der Waals surface area contributed by atoms with Crippen LogP contribution in [0.2, 0.25) is 0 Å². The Hall–Kier alpha value is -0.910. The lowest BCUT2D eigenvalue weighted by atomic mass is 10.0. The van der Waals surface area contributed by atoms with Crippen LogP contribution in [-0.2, 0) is 14.3 Å². The molecular weight excluding hydrogens is 186 g/mol. The summed E-state index contributed by atoms with van der Waals surface area (Å²) in [6.45, 7) is 5.20. The van der Waals surface area contributed by atoms with E-state index in [1.54, 1.807) is 6.08 Å². The highest BCUT2D eigenvalue weighted by molar-refractivity contribution is 5.78. The lowest BCUT2D eigenvalue weighted by molar-refractivity contribution is -0.178. The van der Waals surface area contributed by atoms with E-state index in [2.05, 4.69) is 11.9 Å². The minimum absolute atomic E-state index is 0.0430. The van der Waals surface area contributed by atoms with E-state index in [4.69, 9.17) is 14.6 Å². The van der Waals surface area contributed by atoms with Gasteiger partial charge in [-0.05, 0) is 0 Å². The number of ether oxygens (including phenoxy) is 2. The SMILES string of the molecule is C=CCOCC1(C(=O)O)CNCCO1. The molecule has 0 bridgehead atoms. The van der Waals surface area contributed by atoms with E-state index in [9.17, 15) is 4.79 Å². The maximum absolute atomic E-state index is 11.0. The zero-order valence-corrected chi connectivity index (χ0v) is 7.99. The smallest absolute Gasteiger partial charge is 0.339 e. The predicted octanol–water partition coefficient (Wildman–Crippen LogP) is -0.368. The van der Waals surface area contributed by atoms with Crippen LogP contribution in [0.1, 0.15) is 0 Å². The van der Waals surface area contributed by atoms with E-state index < -0.39 is 11.6 Å². The number of hydrogen-bond donors (Lipinski definition) is 2. The summed E-state index contributed by atoms with van der Waals surface area (Å²) in [5, 5.41) is 12.0. The fraction of sp³-hybridized carbons (Fsp3) is 0.667. The molecule has 14 heavy (non-hydrogen) atoms. The van der Waals surface area contributed by atoms with Gasteiger partial charge >= 0.3 is 5.97 Å². The second kappa shape index (κ2) is 5.09. The first-order chi connectivity index (χ1) is 6.71. The minimum atomic E-state index is -1.23. The normalized spacial score (nSPS) is 27.1. The van der Waals surface area contributed by atoms with Crippen LogP contribution in [0.25, 0.3) is 0 Å². The Balaban J connectivity index is 2.51. The van der Waals surface area contributed by atoms with Crippen LogP contribution in [0.4, 0.5) is 0 Å².